The predicted octanol–water partition coefficient (Wildman–Crippen LogP) is 10.7. The fraction of sp³-hybridized carbons (Fsp3) is 0. The topological polar surface area (TPSA) is 17.8 Å². The number of fused-ring (bicyclic) bond motifs is 3. The summed E-state index contributed by atoms with van der Waals surface area (Å²) in [5.41, 5.74) is 9.80. The SMILES string of the molecule is Brc1cc(-c2cc(-c3ccccc3)nc(-c3ccccc3)c2)cc(-n2c3ccccc3c3cc(Br)ccc32)c1. The van der Waals surface area contributed by atoms with Gasteiger partial charge in [0.1, 0.15) is 0 Å². The zero-order valence-corrected chi connectivity index (χ0v) is 24.0. The van der Waals surface area contributed by atoms with Gasteiger partial charge in [0.2, 0.25) is 0 Å². The first-order valence-electron chi connectivity index (χ1n) is 12.8. The Kier molecular flexibility index (Phi) is 6.15. The van der Waals surface area contributed by atoms with E-state index in [1.54, 1.807) is 0 Å². The van der Waals surface area contributed by atoms with Gasteiger partial charge in [0.25, 0.3) is 0 Å². The van der Waals surface area contributed by atoms with Crippen LogP contribution in [0.1, 0.15) is 0 Å². The van der Waals surface area contributed by atoms with E-state index in [4.69, 9.17) is 4.98 Å². The maximum Gasteiger partial charge on any atom is 0.0715 e. The summed E-state index contributed by atoms with van der Waals surface area (Å²) >= 11 is 7.49. The highest BCUT2D eigenvalue weighted by atomic mass is 79.9. The van der Waals surface area contributed by atoms with Crippen LogP contribution in [-0.2, 0) is 0 Å². The minimum absolute atomic E-state index is 0.954. The number of aromatic nitrogens is 2. The molecule has 0 N–H and O–H groups in total. The lowest BCUT2D eigenvalue weighted by molar-refractivity contribution is 1.18. The van der Waals surface area contributed by atoms with Crippen molar-refractivity contribution < 1.29 is 0 Å². The normalized spacial score (nSPS) is 11.3. The third-order valence-electron chi connectivity index (χ3n) is 7.07. The van der Waals surface area contributed by atoms with E-state index in [1.165, 1.54) is 21.8 Å². The molecule has 0 spiro atoms. The van der Waals surface area contributed by atoms with Gasteiger partial charge in [0, 0.05) is 36.5 Å². The van der Waals surface area contributed by atoms with E-state index in [0.717, 1.165) is 48.3 Å². The van der Waals surface area contributed by atoms with Gasteiger partial charge < -0.3 is 4.57 Å². The second-order valence-electron chi connectivity index (χ2n) is 9.57. The Morgan fingerprint density at radius 3 is 1.72 bits per heavy atom. The van der Waals surface area contributed by atoms with Crippen LogP contribution in [0.5, 0.6) is 0 Å². The molecular weight excluding hydrogens is 608 g/mol. The number of benzene rings is 5. The summed E-state index contributed by atoms with van der Waals surface area (Å²) in [7, 11) is 0. The maximum absolute atomic E-state index is 5.06. The van der Waals surface area contributed by atoms with Crippen molar-refractivity contribution in [1.29, 1.82) is 0 Å². The zero-order valence-electron chi connectivity index (χ0n) is 20.9. The van der Waals surface area contributed by atoms with Crippen molar-refractivity contribution in [2.45, 2.75) is 0 Å². The monoisotopic (exact) mass is 628 g/mol. The number of hydrogen-bond donors (Lipinski definition) is 0. The van der Waals surface area contributed by atoms with E-state index in [2.05, 4.69) is 158 Å². The molecule has 2 aromatic heterocycles. The smallest absolute Gasteiger partial charge is 0.0715 e. The molecular formula is C35H22Br2N2. The van der Waals surface area contributed by atoms with Crippen molar-refractivity contribution in [2.75, 3.05) is 0 Å². The van der Waals surface area contributed by atoms with Crippen LogP contribution in [0.15, 0.2) is 142 Å². The number of para-hydroxylation sites is 1. The fourth-order valence-corrected chi connectivity index (χ4v) is 6.15. The van der Waals surface area contributed by atoms with E-state index in [-0.39, 0.29) is 0 Å². The zero-order chi connectivity index (χ0) is 26.3. The van der Waals surface area contributed by atoms with Crippen LogP contribution in [0, 0.1) is 0 Å². The molecule has 0 radical (unpaired) electrons. The molecule has 0 fully saturated rings. The van der Waals surface area contributed by atoms with Gasteiger partial charge in [-0.1, -0.05) is 111 Å². The highest BCUT2D eigenvalue weighted by molar-refractivity contribution is 9.10. The summed E-state index contributed by atoms with van der Waals surface area (Å²) < 4.78 is 4.45. The summed E-state index contributed by atoms with van der Waals surface area (Å²) in [4.78, 5) is 5.06. The molecule has 0 saturated heterocycles. The van der Waals surface area contributed by atoms with Gasteiger partial charge in [-0.05, 0) is 65.7 Å². The summed E-state index contributed by atoms with van der Waals surface area (Å²) in [6.07, 6.45) is 0. The minimum atomic E-state index is 0.954. The van der Waals surface area contributed by atoms with Crippen molar-refractivity contribution >= 4 is 53.7 Å². The highest BCUT2D eigenvalue weighted by Gasteiger charge is 2.15. The molecule has 0 aliphatic rings. The van der Waals surface area contributed by atoms with Crippen LogP contribution in [0.3, 0.4) is 0 Å². The van der Waals surface area contributed by atoms with Crippen molar-refractivity contribution in [2.24, 2.45) is 0 Å². The van der Waals surface area contributed by atoms with E-state index in [1.807, 2.05) is 12.1 Å². The Morgan fingerprint density at radius 1 is 0.436 bits per heavy atom. The quantitative estimate of drug-likeness (QED) is 0.189. The van der Waals surface area contributed by atoms with Crippen LogP contribution in [0.25, 0.3) is 61.1 Å². The Labute approximate surface area is 243 Å². The van der Waals surface area contributed by atoms with E-state index in [0.29, 0.717) is 0 Å². The molecule has 0 bridgehead atoms. The van der Waals surface area contributed by atoms with Crippen LogP contribution in [-0.4, -0.2) is 9.55 Å². The van der Waals surface area contributed by atoms with E-state index in [9.17, 15) is 0 Å². The largest absolute Gasteiger partial charge is 0.309 e. The van der Waals surface area contributed by atoms with Crippen molar-refractivity contribution in [3.05, 3.63) is 142 Å². The first-order valence-corrected chi connectivity index (χ1v) is 14.4. The van der Waals surface area contributed by atoms with Gasteiger partial charge in [-0.25, -0.2) is 4.98 Å². The van der Waals surface area contributed by atoms with Gasteiger partial charge in [-0.3, -0.25) is 0 Å². The molecule has 39 heavy (non-hydrogen) atoms. The average Bonchev–Trinajstić information content (AvgIpc) is 3.31. The van der Waals surface area contributed by atoms with Crippen molar-refractivity contribution in [1.82, 2.24) is 9.55 Å². The standard InChI is InChI=1S/C35H22Br2N2/c36-27-15-16-35-31(22-27)30-13-7-8-14-34(30)39(35)29-18-25(17-28(37)21-29)26-19-32(23-9-3-1-4-10-23)38-33(20-26)24-11-5-2-6-12-24/h1-22H. The van der Waals surface area contributed by atoms with Gasteiger partial charge in [0.15, 0.2) is 0 Å². The molecule has 2 nitrogen and oxygen atoms in total. The summed E-state index contributed by atoms with van der Waals surface area (Å²) in [5.74, 6) is 0. The lowest BCUT2D eigenvalue weighted by Crippen LogP contribution is -1.96. The summed E-state index contributed by atoms with van der Waals surface area (Å²) in [6.45, 7) is 0. The van der Waals surface area contributed by atoms with Crippen molar-refractivity contribution in [3.63, 3.8) is 0 Å². The Morgan fingerprint density at radius 2 is 1.03 bits per heavy atom. The van der Waals surface area contributed by atoms with Crippen LogP contribution in [0.2, 0.25) is 0 Å². The van der Waals surface area contributed by atoms with Crippen molar-refractivity contribution in [3.8, 4) is 39.3 Å². The molecule has 7 aromatic rings. The predicted molar refractivity (Wildman–Crippen MR) is 170 cm³/mol. The Hall–Kier alpha value is -3.99. The lowest BCUT2D eigenvalue weighted by atomic mass is 9.99. The molecule has 4 heteroatoms. The number of pyridine rings is 1. The van der Waals surface area contributed by atoms with Gasteiger partial charge in [0.05, 0.1) is 22.4 Å². The molecule has 0 amide bonds. The molecule has 7 rings (SSSR count). The van der Waals surface area contributed by atoms with E-state index < -0.39 is 0 Å². The minimum Gasteiger partial charge on any atom is -0.309 e. The number of halogens is 2. The summed E-state index contributed by atoms with van der Waals surface area (Å²) in [6, 6.07) is 46.9. The van der Waals surface area contributed by atoms with E-state index >= 15 is 0 Å². The van der Waals surface area contributed by atoms with Crippen LogP contribution < -0.4 is 0 Å². The van der Waals surface area contributed by atoms with Crippen LogP contribution in [0.4, 0.5) is 0 Å². The third kappa shape index (κ3) is 4.50. The molecule has 0 aliphatic heterocycles. The van der Waals surface area contributed by atoms with Gasteiger partial charge >= 0.3 is 0 Å². The Bertz CT molecular complexity index is 1920. The molecule has 0 unspecified atom stereocenters. The second kappa shape index (κ2) is 9.96. The number of hydrogen-bond acceptors (Lipinski definition) is 1. The highest BCUT2D eigenvalue weighted by Crippen LogP contribution is 2.37. The molecule has 0 saturated carbocycles. The summed E-state index contributed by atoms with van der Waals surface area (Å²) in [5, 5.41) is 2.46. The Balaban J connectivity index is 1.47. The fourth-order valence-electron chi connectivity index (χ4n) is 5.30. The van der Waals surface area contributed by atoms with Gasteiger partial charge in [-0.2, -0.15) is 0 Å². The first-order chi connectivity index (χ1) is 19.1. The third-order valence-corrected chi connectivity index (χ3v) is 8.02. The first kappa shape index (κ1) is 24.1. The molecule has 2 heterocycles. The van der Waals surface area contributed by atoms with Gasteiger partial charge in [-0.15, -0.1) is 0 Å². The lowest BCUT2D eigenvalue weighted by Gasteiger charge is -2.14. The maximum atomic E-state index is 5.06. The average molecular weight is 630 g/mol. The molecule has 186 valence electrons. The molecule has 5 aromatic carbocycles. The molecule has 0 aliphatic carbocycles. The number of rotatable bonds is 4. The number of nitrogens with zero attached hydrogens (tertiary/aromatic N) is 2. The second-order valence-corrected chi connectivity index (χ2v) is 11.4. The molecule has 0 atom stereocenters. The van der Waals surface area contributed by atoms with Crippen LogP contribution >= 0.6 is 31.9 Å².